The Morgan fingerprint density at radius 3 is 2.60 bits per heavy atom. The molecule has 1 aliphatic heterocycles. The fraction of sp³-hybridized carbons (Fsp3) is 0.179. The number of ether oxygens (including phenoxy) is 1. The van der Waals surface area contributed by atoms with Crippen molar-refractivity contribution in [1.29, 1.82) is 0 Å². The maximum absolute atomic E-state index is 13.4. The van der Waals surface area contributed by atoms with Crippen molar-refractivity contribution < 1.29 is 19.4 Å². The zero-order chi connectivity index (χ0) is 24.7. The number of aromatic nitrogens is 2. The molecule has 0 spiro atoms. The third-order valence-corrected chi connectivity index (χ3v) is 6.51. The lowest BCUT2D eigenvalue weighted by Gasteiger charge is -2.25. The standard InChI is InChI=1S/C28H25N3O4/c1-16-13-23(35-3)17(2)12-20(16)26(32)24-25(21-14-30-22-10-5-4-9-19(21)22)31(28(34)27(24)33)15-18-8-6-7-11-29-18/h4-14,25,30,32H,15H2,1-3H3/b26-24+. The number of aromatic amines is 1. The van der Waals surface area contributed by atoms with Gasteiger partial charge >= 0.3 is 0 Å². The van der Waals surface area contributed by atoms with Crippen molar-refractivity contribution in [3.8, 4) is 5.75 Å². The van der Waals surface area contributed by atoms with Crippen LogP contribution in [0.2, 0.25) is 0 Å². The number of fused-ring (bicyclic) bond motifs is 1. The number of carbonyl (C=O) groups is 2. The number of hydrogen-bond donors (Lipinski definition) is 2. The Morgan fingerprint density at radius 2 is 1.86 bits per heavy atom. The van der Waals surface area contributed by atoms with Crippen LogP contribution in [0.4, 0.5) is 0 Å². The third kappa shape index (κ3) is 3.75. The summed E-state index contributed by atoms with van der Waals surface area (Å²) in [6.07, 6.45) is 3.45. The first kappa shape index (κ1) is 22.4. The highest BCUT2D eigenvalue weighted by atomic mass is 16.5. The minimum atomic E-state index is -0.782. The summed E-state index contributed by atoms with van der Waals surface area (Å²) in [4.78, 5) is 35.8. The van der Waals surface area contributed by atoms with E-state index in [1.807, 2.05) is 56.3 Å². The number of nitrogens with zero attached hydrogens (tertiary/aromatic N) is 2. The van der Waals surface area contributed by atoms with Gasteiger partial charge in [-0.15, -0.1) is 0 Å². The largest absolute Gasteiger partial charge is 0.507 e. The van der Waals surface area contributed by atoms with Crippen molar-refractivity contribution in [3.05, 3.63) is 101 Å². The van der Waals surface area contributed by atoms with Gasteiger partial charge in [-0.2, -0.15) is 0 Å². The topological polar surface area (TPSA) is 95.5 Å². The molecule has 1 aliphatic rings. The van der Waals surface area contributed by atoms with Crippen LogP contribution in [0.25, 0.3) is 16.7 Å². The van der Waals surface area contributed by atoms with Gasteiger partial charge in [0, 0.05) is 34.4 Å². The molecule has 35 heavy (non-hydrogen) atoms. The highest BCUT2D eigenvalue weighted by molar-refractivity contribution is 6.46. The van der Waals surface area contributed by atoms with Crippen LogP contribution in [0.1, 0.15) is 34.0 Å². The minimum absolute atomic E-state index is 0.0587. The van der Waals surface area contributed by atoms with E-state index in [0.717, 1.165) is 27.6 Å². The number of nitrogens with one attached hydrogen (secondary N) is 1. The molecule has 0 bridgehead atoms. The molecule has 0 saturated carbocycles. The van der Waals surface area contributed by atoms with Crippen LogP contribution in [0, 0.1) is 13.8 Å². The van der Waals surface area contributed by atoms with E-state index in [0.29, 0.717) is 17.0 Å². The lowest BCUT2D eigenvalue weighted by atomic mass is 9.93. The first-order valence-electron chi connectivity index (χ1n) is 11.3. The van der Waals surface area contributed by atoms with E-state index in [9.17, 15) is 14.7 Å². The van der Waals surface area contributed by atoms with Crippen LogP contribution in [-0.2, 0) is 16.1 Å². The van der Waals surface area contributed by atoms with E-state index >= 15 is 0 Å². The molecule has 5 rings (SSSR count). The van der Waals surface area contributed by atoms with Gasteiger partial charge in [-0.05, 0) is 55.3 Å². The second-order valence-corrected chi connectivity index (χ2v) is 8.67. The maximum Gasteiger partial charge on any atom is 0.296 e. The number of Topliss-reactive ketones (excluding diaryl/α,β-unsaturated/α-hetero) is 1. The summed E-state index contributed by atoms with van der Waals surface area (Å²) in [5.41, 5.74) is 4.36. The van der Waals surface area contributed by atoms with Crippen molar-refractivity contribution in [1.82, 2.24) is 14.9 Å². The molecule has 2 N–H and O–H groups in total. The number of H-pyrrole nitrogens is 1. The van der Waals surface area contributed by atoms with Crippen LogP contribution in [0.3, 0.4) is 0 Å². The number of para-hydroxylation sites is 1. The molecule has 1 atom stereocenters. The molecule has 1 unspecified atom stereocenters. The van der Waals surface area contributed by atoms with Crippen LogP contribution in [0.15, 0.2) is 72.6 Å². The molecule has 2 aromatic carbocycles. The van der Waals surface area contributed by atoms with Crippen molar-refractivity contribution in [2.45, 2.75) is 26.4 Å². The van der Waals surface area contributed by atoms with Crippen LogP contribution in [0.5, 0.6) is 5.75 Å². The molecule has 1 amide bonds. The van der Waals surface area contributed by atoms with E-state index in [1.54, 1.807) is 31.6 Å². The van der Waals surface area contributed by atoms with Gasteiger partial charge in [0.05, 0.1) is 31.0 Å². The number of carbonyl (C=O) groups excluding carboxylic acids is 2. The summed E-state index contributed by atoms with van der Waals surface area (Å²) in [5.74, 6) is -0.912. The SMILES string of the molecule is COc1cc(C)c(/C(O)=C2\C(=O)C(=O)N(Cc3ccccn3)C2c2c[nH]c3ccccc23)cc1C. The van der Waals surface area contributed by atoms with E-state index in [-0.39, 0.29) is 17.9 Å². The highest BCUT2D eigenvalue weighted by Gasteiger charge is 2.47. The van der Waals surface area contributed by atoms with E-state index in [4.69, 9.17) is 4.74 Å². The number of likely N-dealkylation sites (tertiary alicyclic amines) is 1. The van der Waals surface area contributed by atoms with E-state index < -0.39 is 17.7 Å². The molecular formula is C28H25N3O4. The zero-order valence-corrected chi connectivity index (χ0v) is 19.7. The number of hydrogen-bond acceptors (Lipinski definition) is 5. The fourth-order valence-electron chi connectivity index (χ4n) is 4.76. The zero-order valence-electron chi connectivity index (χ0n) is 19.7. The summed E-state index contributed by atoms with van der Waals surface area (Å²) in [7, 11) is 1.58. The minimum Gasteiger partial charge on any atom is -0.507 e. The lowest BCUT2D eigenvalue weighted by Crippen LogP contribution is -2.29. The molecule has 0 radical (unpaired) electrons. The predicted octanol–water partition coefficient (Wildman–Crippen LogP) is 4.81. The van der Waals surface area contributed by atoms with Gasteiger partial charge in [-0.1, -0.05) is 24.3 Å². The average Bonchev–Trinajstić information content (AvgIpc) is 3.39. The third-order valence-electron chi connectivity index (χ3n) is 6.51. The normalized spacial score (nSPS) is 17.3. The summed E-state index contributed by atoms with van der Waals surface area (Å²) in [5, 5.41) is 12.4. The number of methoxy groups -OCH3 is 1. The number of aliphatic hydroxyl groups is 1. The Hall–Kier alpha value is -4.39. The average molecular weight is 468 g/mol. The van der Waals surface area contributed by atoms with Crippen molar-refractivity contribution in [2.24, 2.45) is 0 Å². The Labute approximate surface area is 202 Å². The van der Waals surface area contributed by atoms with Gasteiger partial charge in [0.25, 0.3) is 11.7 Å². The van der Waals surface area contributed by atoms with Gasteiger partial charge in [0.15, 0.2) is 0 Å². The monoisotopic (exact) mass is 467 g/mol. The van der Waals surface area contributed by atoms with Crippen molar-refractivity contribution in [3.63, 3.8) is 0 Å². The molecule has 1 saturated heterocycles. The number of aryl methyl sites for hydroxylation is 2. The molecule has 4 aromatic rings. The Kier molecular flexibility index (Phi) is 5.61. The Morgan fingerprint density at radius 1 is 1.09 bits per heavy atom. The lowest BCUT2D eigenvalue weighted by molar-refractivity contribution is -0.140. The van der Waals surface area contributed by atoms with E-state index in [1.165, 1.54) is 4.90 Å². The summed E-state index contributed by atoms with van der Waals surface area (Å²) >= 11 is 0. The van der Waals surface area contributed by atoms with Crippen LogP contribution < -0.4 is 4.74 Å². The molecule has 7 heteroatoms. The second kappa shape index (κ2) is 8.76. The molecule has 0 aliphatic carbocycles. The molecule has 1 fully saturated rings. The first-order valence-corrected chi connectivity index (χ1v) is 11.3. The van der Waals surface area contributed by atoms with Crippen LogP contribution >= 0.6 is 0 Å². The highest BCUT2D eigenvalue weighted by Crippen LogP contribution is 2.43. The molecule has 3 heterocycles. The summed E-state index contributed by atoms with van der Waals surface area (Å²) in [6.45, 7) is 3.83. The van der Waals surface area contributed by atoms with Crippen molar-refractivity contribution in [2.75, 3.05) is 7.11 Å². The van der Waals surface area contributed by atoms with Gasteiger partial charge < -0.3 is 19.7 Å². The maximum atomic E-state index is 13.4. The summed E-state index contributed by atoms with van der Waals surface area (Å²) in [6, 6.07) is 15.9. The number of rotatable bonds is 5. The fourth-order valence-corrected chi connectivity index (χ4v) is 4.76. The van der Waals surface area contributed by atoms with Crippen molar-refractivity contribution >= 4 is 28.4 Å². The molecule has 7 nitrogen and oxygen atoms in total. The number of benzene rings is 2. The number of ketones is 1. The smallest absolute Gasteiger partial charge is 0.296 e. The predicted molar refractivity (Wildman–Crippen MR) is 133 cm³/mol. The summed E-state index contributed by atoms with van der Waals surface area (Å²) < 4.78 is 5.40. The second-order valence-electron chi connectivity index (χ2n) is 8.67. The van der Waals surface area contributed by atoms with Gasteiger partial charge in [0.2, 0.25) is 0 Å². The van der Waals surface area contributed by atoms with Gasteiger partial charge in [-0.25, -0.2) is 0 Å². The van der Waals surface area contributed by atoms with E-state index in [2.05, 4.69) is 9.97 Å². The van der Waals surface area contributed by atoms with Crippen LogP contribution in [-0.4, -0.2) is 38.8 Å². The molecular weight excluding hydrogens is 442 g/mol. The van der Waals surface area contributed by atoms with Gasteiger partial charge in [-0.3, -0.25) is 14.6 Å². The Bertz CT molecular complexity index is 1490. The number of pyridine rings is 1. The number of amides is 1. The van der Waals surface area contributed by atoms with Gasteiger partial charge in [0.1, 0.15) is 11.5 Å². The molecule has 2 aromatic heterocycles. The quantitative estimate of drug-likeness (QED) is 0.250. The Balaban J connectivity index is 1.73. The number of aliphatic hydroxyl groups excluding tert-OH is 1. The first-order chi connectivity index (χ1) is 16.9. The molecule has 176 valence electrons.